The zero-order valence-electron chi connectivity index (χ0n) is 13.2. The zero-order chi connectivity index (χ0) is 14.5. The first-order chi connectivity index (χ1) is 10.3. The minimum atomic E-state index is 0.609. The van der Waals surface area contributed by atoms with E-state index in [1.54, 1.807) is 0 Å². The molecule has 0 radical (unpaired) electrons. The van der Waals surface area contributed by atoms with Crippen molar-refractivity contribution in [3.8, 4) is 0 Å². The van der Waals surface area contributed by atoms with Gasteiger partial charge in [-0.2, -0.15) is 0 Å². The first kappa shape index (κ1) is 14.6. The summed E-state index contributed by atoms with van der Waals surface area (Å²) >= 11 is 0. The highest BCUT2D eigenvalue weighted by Gasteiger charge is 2.18. The van der Waals surface area contributed by atoms with Crippen LogP contribution in [0.1, 0.15) is 39.0 Å². The summed E-state index contributed by atoms with van der Waals surface area (Å²) in [6.45, 7) is 8.29. The van der Waals surface area contributed by atoms with Gasteiger partial charge in [-0.25, -0.2) is 4.98 Å². The monoisotopic (exact) mass is 288 g/mol. The van der Waals surface area contributed by atoms with Crippen molar-refractivity contribution in [3.05, 3.63) is 18.3 Å². The molecule has 116 valence electrons. The molecule has 3 rings (SSSR count). The van der Waals surface area contributed by atoms with E-state index in [4.69, 9.17) is 0 Å². The van der Waals surface area contributed by atoms with Gasteiger partial charge in [0.25, 0.3) is 0 Å². The second-order valence-corrected chi connectivity index (χ2v) is 6.36. The van der Waals surface area contributed by atoms with Crippen LogP contribution < -0.4 is 10.2 Å². The van der Waals surface area contributed by atoms with E-state index in [9.17, 15) is 0 Å². The van der Waals surface area contributed by atoms with E-state index in [0.717, 1.165) is 18.9 Å². The van der Waals surface area contributed by atoms with Crippen molar-refractivity contribution in [3.63, 3.8) is 0 Å². The predicted molar refractivity (Wildman–Crippen MR) is 89.1 cm³/mol. The highest BCUT2D eigenvalue weighted by atomic mass is 15.2. The smallest absolute Gasteiger partial charge is 0.128 e. The molecule has 0 aliphatic carbocycles. The van der Waals surface area contributed by atoms with Crippen molar-refractivity contribution >= 4 is 11.5 Å². The molecule has 0 bridgehead atoms. The predicted octanol–water partition coefficient (Wildman–Crippen LogP) is 2.97. The van der Waals surface area contributed by atoms with Gasteiger partial charge in [0.1, 0.15) is 5.82 Å². The van der Waals surface area contributed by atoms with E-state index in [-0.39, 0.29) is 0 Å². The summed E-state index contributed by atoms with van der Waals surface area (Å²) < 4.78 is 0. The fourth-order valence-electron chi connectivity index (χ4n) is 3.46. The average molecular weight is 288 g/mol. The maximum atomic E-state index is 4.62. The number of likely N-dealkylation sites (tertiary alicyclic amines) is 1. The van der Waals surface area contributed by atoms with Crippen molar-refractivity contribution in [2.45, 2.75) is 45.1 Å². The van der Waals surface area contributed by atoms with Crippen molar-refractivity contribution in [2.24, 2.45) is 0 Å². The van der Waals surface area contributed by atoms with Crippen molar-refractivity contribution in [1.82, 2.24) is 9.88 Å². The van der Waals surface area contributed by atoms with Crippen molar-refractivity contribution in [1.29, 1.82) is 0 Å². The van der Waals surface area contributed by atoms with Crippen LogP contribution in [0.3, 0.4) is 0 Å². The molecule has 0 aromatic carbocycles. The lowest BCUT2D eigenvalue weighted by Gasteiger charge is -2.32. The molecule has 1 N–H and O–H groups in total. The molecule has 0 amide bonds. The minimum absolute atomic E-state index is 0.609. The number of anilines is 2. The van der Waals surface area contributed by atoms with Gasteiger partial charge in [-0.15, -0.1) is 0 Å². The van der Waals surface area contributed by atoms with Crippen LogP contribution in [0.4, 0.5) is 11.5 Å². The number of piperidine rings is 1. The number of nitrogens with one attached hydrogen (secondary N) is 1. The normalized spacial score (nSPS) is 20.9. The van der Waals surface area contributed by atoms with Crippen LogP contribution in [0.25, 0.3) is 0 Å². The second kappa shape index (κ2) is 7.12. The standard InChI is InChI=1S/C17H28N4/c1-2-9-20-12-7-15(8-13-20)19-16-5-6-17(18-14-16)21-10-3-4-11-21/h5-6,14-15,19H,2-4,7-13H2,1H3. The highest BCUT2D eigenvalue weighted by Crippen LogP contribution is 2.21. The fourth-order valence-corrected chi connectivity index (χ4v) is 3.46. The molecule has 2 aliphatic heterocycles. The Morgan fingerprint density at radius 3 is 2.52 bits per heavy atom. The van der Waals surface area contributed by atoms with Gasteiger partial charge in [0.2, 0.25) is 0 Å². The second-order valence-electron chi connectivity index (χ2n) is 6.36. The lowest BCUT2D eigenvalue weighted by atomic mass is 10.0. The molecule has 0 unspecified atom stereocenters. The third kappa shape index (κ3) is 3.88. The molecular formula is C17H28N4. The molecule has 1 aromatic rings. The summed E-state index contributed by atoms with van der Waals surface area (Å²) in [5, 5.41) is 3.65. The molecule has 3 heterocycles. The van der Waals surface area contributed by atoms with E-state index in [2.05, 4.69) is 39.2 Å². The molecule has 0 spiro atoms. The third-order valence-electron chi connectivity index (χ3n) is 4.68. The SMILES string of the molecule is CCCN1CCC(Nc2ccc(N3CCCC3)nc2)CC1. The van der Waals surface area contributed by atoms with E-state index < -0.39 is 0 Å². The Morgan fingerprint density at radius 1 is 1.14 bits per heavy atom. The first-order valence-corrected chi connectivity index (χ1v) is 8.55. The molecule has 2 fully saturated rings. The summed E-state index contributed by atoms with van der Waals surface area (Å²) in [7, 11) is 0. The number of rotatable bonds is 5. The molecule has 4 heteroatoms. The Labute approximate surface area is 128 Å². The van der Waals surface area contributed by atoms with Crippen molar-refractivity contribution < 1.29 is 0 Å². The van der Waals surface area contributed by atoms with Gasteiger partial charge < -0.3 is 15.1 Å². The van der Waals surface area contributed by atoms with Gasteiger partial charge in [0, 0.05) is 32.2 Å². The number of hydrogen-bond donors (Lipinski definition) is 1. The maximum Gasteiger partial charge on any atom is 0.128 e. The van der Waals surface area contributed by atoms with Crippen LogP contribution in [0.2, 0.25) is 0 Å². The van der Waals surface area contributed by atoms with E-state index in [1.807, 2.05) is 6.20 Å². The lowest BCUT2D eigenvalue weighted by molar-refractivity contribution is 0.219. The van der Waals surface area contributed by atoms with Gasteiger partial charge in [-0.3, -0.25) is 0 Å². The Morgan fingerprint density at radius 2 is 1.90 bits per heavy atom. The van der Waals surface area contributed by atoms with Crippen LogP contribution >= 0.6 is 0 Å². The van der Waals surface area contributed by atoms with E-state index >= 15 is 0 Å². The van der Waals surface area contributed by atoms with Gasteiger partial charge in [0.15, 0.2) is 0 Å². The van der Waals surface area contributed by atoms with E-state index in [0.29, 0.717) is 6.04 Å². The molecule has 21 heavy (non-hydrogen) atoms. The van der Waals surface area contributed by atoms with Gasteiger partial charge in [-0.05, 0) is 50.8 Å². The molecule has 2 saturated heterocycles. The molecule has 1 aromatic heterocycles. The topological polar surface area (TPSA) is 31.4 Å². The minimum Gasteiger partial charge on any atom is -0.381 e. The number of hydrogen-bond acceptors (Lipinski definition) is 4. The number of nitrogens with zero attached hydrogens (tertiary/aromatic N) is 3. The van der Waals surface area contributed by atoms with Gasteiger partial charge >= 0.3 is 0 Å². The molecule has 0 saturated carbocycles. The molecule has 2 aliphatic rings. The van der Waals surface area contributed by atoms with Crippen molar-refractivity contribution in [2.75, 3.05) is 42.9 Å². The number of aromatic nitrogens is 1. The zero-order valence-corrected chi connectivity index (χ0v) is 13.2. The Balaban J connectivity index is 1.49. The summed E-state index contributed by atoms with van der Waals surface area (Å²) in [6.07, 6.45) is 8.36. The quantitative estimate of drug-likeness (QED) is 0.902. The van der Waals surface area contributed by atoms with Gasteiger partial charge in [-0.1, -0.05) is 6.92 Å². The molecule has 0 atom stereocenters. The summed E-state index contributed by atoms with van der Waals surface area (Å²) in [5.41, 5.74) is 1.17. The van der Waals surface area contributed by atoms with Gasteiger partial charge in [0.05, 0.1) is 11.9 Å². The summed E-state index contributed by atoms with van der Waals surface area (Å²) in [5.74, 6) is 1.14. The lowest BCUT2D eigenvalue weighted by Crippen LogP contribution is -2.39. The van der Waals surface area contributed by atoms with E-state index in [1.165, 1.54) is 57.4 Å². The molecular weight excluding hydrogens is 260 g/mol. The summed E-state index contributed by atoms with van der Waals surface area (Å²) in [4.78, 5) is 9.58. The first-order valence-electron chi connectivity index (χ1n) is 8.55. The number of pyridine rings is 1. The Kier molecular flexibility index (Phi) is 4.96. The van der Waals surface area contributed by atoms with Crippen LogP contribution in [-0.4, -0.2) is 48.6 Å². The Bertz CT molecular complexity index is 417. The molecule has 4 nitrogen and oxygen atoms in total. The fraction of sp³-hybridized carbons (Fsp3) is 0.706. The maximum absolute atomic E-state index is 4.62. The average Bonchev–Trinajstić information content (AvgIpc) is 3.05. The largest absolute Gasteiger partial charge is 0.381 e. The van der Waals surface area contributed by atoms with Crippen LogP contribution in [0.5, 0.6) is 0 Å². The Hall–Kier alpha value is -1.29. The third-order valence-corrected chi connectivity index (χ3v) is 4.68. The van der Waals surface area contributed by atoms with Crippen LogP contribution in [0, 0.1) is 0 Å². The summed E-state index contributed by atoms with van der Waals surface area (Å²) in [6, 6.07) is 4.97. The highest BCUT2D eigenvalue weighted by molar-refractivity contribution is 5.49. The van der Waals surface area contributed by atoms with Crippen LogP contribution in [0.15, 0.2) is 18.3 Å². The van der Waals surface area contributed by atoms with Crippen LogP contribution in [-0.2, 0) is 0 Å².